The maximum Gasteiger partial charge on any atom is 0.267 e. The first kappa shape index (κ1) is 18.9. The van der Waals surface area contributed by atoms with Gasteiger partial charge in [0.05, 0.1) is 36.0 Å². The average Bonchev–Trinajstić information content (AvgIpc) is 3.52. The number of H-pyrrole nitrogens is 1. The standard InChI is InChI=1S/C19H17BrN8OS/c20-12-3-4-13-11(7-24-27-13)17(12)26-18(29)14-8-23-19(30-14)25-15-9-22-16(10-21-15)28-5-1-2-6-28/h3-4,7-10H,1-2,5-6H2,(H,24,27)(H,26,29)(H,21,23,25). The minimum atomic E-state index is -0.245. The monoisotopic (exact) mass is 484 g/mol. The van der Waals surface area contributed by atoms with E-state index in [1.165, 1.54) is 30.4 Å². The van der Waals surface area contributed by atoms with E-state index < -0.39 is 0 Å². The Balaban J connectivity index is 1.28. The molecule has 0 radical (unpaired) electrons. The Morgan fingerprint density at radius 2 is 1.97 bits per heavy atom. The summed E-state index contributed by atoms with van der Waals surface area (Å²) in [5.41, 5.74) is 1.51. The van der Waals surface area contributed by atoms with Crippen LogP contribution >= 0.6 is 27.3 Å². The van der Waals surface area contributed by atoms with Gasteiger partial charge in [-0.15, -0.1) is 0 Å². The lowest BCUT2D eigenvalue weighted by molar-refractivity contribution is 0.103. The molecule has 0 bridgehead atoms. The summed E-state index contributed by atoms with van der Waals surface area (Å²) in [6.45, 7) is 2.05. The van der Waals surface area contributed by atoms with E-state index in [1.807, 2.05) is 12.1 Å². The van der Waals surface area contributed by atoms with Crippen molar-refractivity contribution in [3.05, 3.63) is 46.3 Å². The van der Waals surface area contributed by atoms with Crippen molar-refractivity contribution in [1.29, 1.82) is 0 Å². The van der Waals surface area contributed by atoms with Gasteiger partial charge in [-0.1, -0.05) is 11.3 Å². The third-order valence-corrected chi connectivity index (χ3v) is 6.42. The summed E-state index contributed by atoms with van der Waals surface area (Å²) in [4.78, 5) is 28.6. The van der Waals surface area contributed by atoms with Crippen LogP contribution in [0.4, 0.5) is 22.5 Å². The van der Waals surface area contributed by atoms with Gasteiger partial charge in [0.25, 0.3) is 5.91 Å². The lowest BCUT2D eigenvalue weighted by Gasteiger charge is -2.15. The SMILES string of the molecule is O=C(Nc1c(Br)ccc2[nH]ncc12)c1cnc(Nc2cnc(N3CCCC3)cn2)s1. The van der Waals surface area contributed by atoms with Crippen molar-refractivity contribution < 1.29 is 4.79 Å². The molecule has 0 atom stereocenters. The molecule has 1 saturated heterocycles. The normalized spacial score (nSPS) is 13.7. The van der Waals surface area contributed by atoms with Crippen LogP contribution in [-0.2, 0) is 0 Å². The van der Waals surface area contributed by atoms with Crippen molar-refractivity contribution in [2.45, 2.75) is 12.8 Å². The zero-order valence-electron chi connectivity index (χ0n) is 15.7. The van der Waals surface area contributed by atoms with Gasteiger partial charge in [0.15, 0.2) is 10.9 Å². The van der Waals surface area contributed by atoms with E-state index in [1.54, 1.807) is 18.6 Å². The molecule has 0 spiro atoms. The van der Waals surface area contributed by atoms with E-state index in [9.17, 15) is 4.79 Å². The number of anilines is 4. The highest BCUT2D eigenvalue weighted by Gasteiger charge is 2.16. The number of rotatable bonds is 5. The zero-order chi connectivity index (χ0) is 20.5. The fourth-order valence-corrected chi connectivity index (χ4v) is 4.50. The highest BCUT2D eigenvalue weighted by molar-refractivity contribution is 9.10. The predicted molar refractivity (Wildman–Crippen MR) is 121 cm³/mol. The number of fused-ring (bicyclic) bond motifs is 1. The van der Waals surface area contributed by atoms with Crippen molar-refractivity contribution in [2.75, 3.05) is 28.6 Å². The van der Waals surface area contributed by atoms with Crippen molar-refractivity contribution in [3.63, 3.8) is 0 Å². The molecule has 4 heterocycles. The molecule has 1 aliphatic rings. The van der Waals surface area contributed by atoms with Crippen molar-refractivity contribution in [3.8, 4) is 0 Å². The Bertz CT molecular complexity index is 1200. The Kier molecular flexibility index (Phi) is 5.05. The summed E-state index contributed by atoms with van der Waals surface area (Å²) >= 11 is 4.73. The third-order valence-electron chi connectivity index (χ3n) is 4.84. The van der Waals surface area contributed by atoms with Crippen LogP contribution < -0.4 is 15.5 Å². The number of thiazole rings is 1. The number of hydrogen-bond acceptors (Lipinski definition) is 8. The second kappa shape index (κ2) is 8.00. The molecule has 3 aromatic heterocycles. The van der Waals surface area contributed by atoms with Gasteiger partial charge in [-0.2, -0.15) is 5.10 Å². The number of carbonyl (C=O) groups is 1. The highest BCUT2D eigenvalue weighted by Crippen LogP contribution is 2.31. The largest absolute Gasteiger partial charge is 0.355 e. The molecule has 30 heavy (non-hydrogen) atoms. The first-order valence-corrected chi connectivity index (χ1v) is 11.0. The highest BCUT2D eigenvalue weighted by atomic mass is 79.9. The number of aromatic amines is 1. The molecule has 152 valence electrons. The van der Waals surface area contributed by atoms with Gasteiger partial charge in [0.2, 0.25) is 0 Å². The van der Waals surface area contributed by atoms with Gasteiger partial charge in [0, 0.05) is 22.9 Å². The molecule has 0 unspecified atom stereocenters. The number of aromatic nitrogens is 5. The molecule has 0 saturated carbocycles. The third kappa shape index (κ3) is 3.73. The number of hydrogen-bond donors (Lipinski definition) is 3. The van der Waals surface area contributed by atoms with Gasteiger partial charge in [0.1, 0.15) is 10.7 Å². The number of benzene rings is 1. The molecular formula is C19H17BrN8OS. The van der Waals surface area contributed by atoms with E-state index in [0.717, 1.165) is 34.3 Å². The zero-order valence-corrected chi connectivity index (χ0v) is 18.1. The van der Waals surface area contributed by atoms with Crippen LogP contribution in [0.3, 0.4) is 0 Å². The summed E-state index contributed by atoms with van der Waals surface area (Å²) < 4.78 is 0.779. The molecule has 11 heteroatoms. The molecular weight excluding hydrogens is 468 g/mol. The topological polar surface area (TPSA) is 112 Å². The van der Waals surface area contributed by atoms with E-state index in [2.05, 4.69) is 56.6 Å². The average molecular weight is 485 g/mol. The lowest BCUT2D eigenvalue weighted by atomic mass is 10.2. The maximum absolute atomic E-state index is 12.7. The molecule has 5 rings (SSSR count). The van der Waals surface area contributed by atoms with Crippen molar-refractivity contribution in [1.82, 2.24) is 25.1 Å². The Morgan fingerprint density at radius 3 is 2.77 bits per heavy atom. The number of carbonyl (C=O) groups excluding carboxylic acids is 1. The molecule has 1 amide bonds. The fourth-order valence-electron chi connectivity index (χ4n) is 3.33. The molecule has 0 aliphatic carbocycles. The van der Waals surface area contributed by atoms with Crippen molar-refractivity contribution >= 4 is 66.5 Å². The molecule has 3 N–H and O–H groups in total. The van der Waals surface area contributed by atoms with Crippen LogP contribution in [0.25, 0.3) is 10.9 Å². The van der Waals surface area contributed by atoms with E-state index in [-0.39, 0.29) is 5.91 Å². The Labute approximate surface area is 184 Å². The summed E-state index contributed by atoms with van der Waals surface area (Å²) in [5, 5.41) is 14.4. The first-order valence-electron chi connectivity index (χ1n) is 9.40. The minimum absolute atomic E-state index is 0.245. The van der Waals surface area contributed by atoms with Crippen LogP contribution in [0, 0.1) is 0 Å². The van der Waals surface area contributed by atoms with Crippen LogP contribution in [0.15, 0.2) is 41.4 Å². The van der Waals surface area contributed by atoms with E-state index in [4.69, 9.17) is 0 Å². The first-order chi connectivity index (χ1) is 14.7. The second-order valence-corrected chi connectivity index (χ2v) is 8.70. The van der Waals surface area contributed by atoms with Gasteiger partial charge in [-0.25, -0.2) is 15.0 Å². The molecule has 1 aliphatic heterocycles. The smallest absolute Gasteiger partial charge is 0.267 e. The lowest BCUT2D eigenvalue weighted by Crippen LogP contribution is -2.19. The van der Waals surface area contributed by atoms with Crippen LogP contribution in [-0.4, -0.2) is 44.1 Å². The summed E-state index contributed by atoms with van der Waals surface area (Å²) in [7, 11) is 0. The molecule has 4 aromatic rings. The van der Waals surface area contributed by atoms with Gasteiger partial charge in [-0.05, 0) is 40.9 Å². The van der Waals surface area contributed by atoms with E-state index >= 15 is 0 Å². The van der Waals surface area contributed by atoms with Gasteiger partial charge in [-0.3, -0.25) is 9.89 Å². The number of nitrogens with zero attached hydrogens (tertiary/aromatic N) is 5. The fraction of sp³-hybridized carbons (Fsp3) is 0.211. The molecule has 9 nitrogen and oxygen atoms in total. The summed E-state index contributed by atoms with van der Waals surface area (Å²) in [6.07, 6.45) is 9.05. The number of halogens is 1. The maximum atomic E-state index is 12.7. The molecule has 1 fully saturated rings. The summed E-state index contributed by atoms with van der Waals surface area (Å²) in [6, 6.07) is 3.76. The van der Waals surface area contributed by atoms with Crippen LogP contribution in [0.1, 0.15) is 22.5 Å². The van der Waals surface area contributed by atoms with Gasteiger partial charge < -0.3 is 15.5 Å². The van der Waals surface area contributed by atoms with Crippen molar-refractivity contribution in [2.24, 2.45) is 0 Å². The second-order valence-electron chi connectivity index (χ2n) is 6.82. The van der Waals surface area contributed by atoms with Crippen LogP contribution in [0.5, 0.6) is 0 Å². The molecule has 1 aromatic carbocycles. The van der Waals surface area contributed by atoms with E-state index in [0.29, 0.717) is 21.5 Å². The quantitative estimate of drug-likeness (QED) is 0.389. The minimum Gasteiger partial charge on any atom is -0.355 e. The number of amides is 1. The number of nitrogens with one attached hydrogen (secondary N) is 3. The Hall–Kier alpha value is -3.05. The Morgan fingerprint density at radius 1 is 1.10 bits per heavy atom. The van der Waals surface area contributed by atoms with Crippen LogP contribution in [0.2, 0.25) is 0 Å². The van der Waals surface area contributed by atoms with Gasteiger partial charge >= 0.3 is 0 Å². The summed E-state index contributed by atoms with van der Waals surface area (Å²) in [5.74, 6) is 1.23. The predicted octanol–water partition coefficient (Wildman–Crippen LogP) is 4.17.